The smallest absolute Gasteiger partial charge is 0.326 e. The standard InChI is InChI=1S/C16H19NO4/c18-15(14-10-5-11-21-14)17-13(16(19)20)9-4-8-12-6-2-1-3-7-12/h1-4,6-8,13-14H,5,9-11H2,(H,17,18)(H,19,20)/b8-4+/t13-,14+/m0/s1. The lowest BCUT2D eigenvalue weighted by Gasteiger charge is -2.15. The summed E-state index contributed by atoms with van der Waals surface area (Å²) in [7, 11) is 0. The summed E-state index contributed by atoms with van der Waals surface area (Å²) in [6.07, 6.45) is 4.81. The highest BCUT2D eigenvalue weighted by molar-refractivity contribution is 5.86. The van der Waals surface area contributed by atoms with E-state index in [1.54, 1.807) is 6.08 Å². The second-order valence-corrected chi connectivity index (χ2v) is 4.95. The van der Waals surface area contributed by atoms with Crippen LogP contribution in [0.2, 0.25) is 0 Å². The van der Waals surface area contributed by atoms with E-state index in [1.165, 1.54) is 0 Å². The number of hydrogen-bond donors (Lipinski definition) is 2. The van der Waals surface area contributed by atoms with Gasteiger partial charge in [0.15, 0.2) is 0 Å². The molecule has 1 aliphatic rings. The molecule has 0 unspecified atom stereocenters. The van der Waals surface area contributed by atoms with Crippen molar-refractivity contribution in [3.8, 4) is 0 Å². The van der Waals surface area contributed by atoms with E-state index in [0.29, 0.717) is 13.0 Å². The van der Waals surface area contributed by atoms with Crippen molar-refractivity contribution in [2.45, 2.75) is 31.4 Å². The first-order valence-corrected chi connectivity index (χ1v) is 7.03. The summed E-state index contributed by atoms with van der Waals surface area (Å²) in [5, 5.41) is 11.7. The second-order valence-electron chi connectivity index (χ2n) is 4.95. The fourth-order valence-electron chi connectivity index (χ4n) is 2.17. The predicted octanol–water partition coefficient (Wildman–Crippen LogP) is 1.84. The second kappa shape index (κ2) is 7.59. The third-order valence-electron chi connectivity index (χ3n) is 3.32. The number of benzene rings is 1. The monoisotopic (exact) mass is 289 g/mol. The van der Waals surface area contributed by atoms with Crippen LogP contribution in [0.3, 0.4) is 0 Å². The number of carbonyl (C=O) groups excluding carboxylic acids is 1. The minimum atomic E-state index is -1.04. The van der Waals surface area contributed by atoms with Gasteiger partial charge in [-0.05, 0) is 24.8 Å². The van der Waals surface area contributed by atoms with Crippen molar-refractivity contribution in [1.82, 2.24) is 5.32 Å². The Morgan fingerprint density at radius 2 is 2.14 bits per heavy atom. The van der Waals surface area contributed by atoms with Gasteiger partial charge in [-0.3, -0.25) is 4.79 Å². The summed E-state index contributed by atoms with van der Waals surface area (Å²) in [4.78, 5) is 23.1. The van der Waals surface area contributed by atoms with Crippen molar-refractivity contribution >= 4 is 18.0 Å². The topological polar surface area (TPSA) is 75.6 Å². The SMILES string of the molecule is O=C(O)[C@H](C/C=C/c1ccccc1)NC(=O)[C@H]1CCCO1. The van der Waals surface area contributed by atoms with Crippen molar-refractivity contribution < 1.29 is 19.4 Å². The Kier molecular flexibility index (Phi) is 5.51. The molecule has 2 rings (SSSR count). The van der Waals surface area contributed by atoms with E-state index in [1.807, 2.05) is 36.4 Å². The summed E-state index contributed by atoms with van der Waals surface area (Å²) in [6.45, 7) is 0.559. The first-order chi connectivity index (χ1) is 10.2. The summed E-state index contributed by atoms with van der Waals surface area (Å²) in [6, 6.07) is 8.66. The van der Waals surface area contributed by atoms with Gasteiger partial charge in [0, 0.05) is 6.61 Å². The maximum atomic E-state index is 11.9. The van der Waals surface area contributed by atoms with Gasteiger partial charge < -0.3 is 15.2 Å². The Labute approximate surface area is 123 Å². The van der Waals surface area contributed by atoms with Crippen LogP contribution in [0.15, 0.2) is 36.4 Å². The number of ether oxygens (including phenoxy) is 1. The molecule has 0 spiro atoms. The molecule has 1 amide bonds. The van der Waals surface area contributed by atoms with Gasteiger partial charge in [0.05, 0.1) is 0 Å². The Balaban J connectivity index is 1.88. The van der Waals surface area contributed by atoms with Crippen molar-refractivity contribution in [2.24, 2.45) is 0 Å². The van der Waals surface area contributed by atoms with Gasteiger partial charge in [0.1, 0.15) is 12.1 Å². The highest BCUT2D eigenvalue weighted by atomic mass is 16.5. The van der Waals surface area contributed by atoms with Crippen molar-refractivity contribution in [3.63, 3.8) is 0 Å². The average molecular weight is 289 g/mol. The number of carbonyl (C=O) groups is 2. The van der Waals surface area contributed by atoms with Gasteiger partial charge in [-0.1, -0.05) is 42.5 Å². The molecule has 0 aromatic heterocycles. The molecule has 1 saturated heterocycles. The highest BCUT2D eigenvalue weighted by Crippen LogP contribution is 2.12. The molecule has 0 bridgehead atoms. The number of carboxylic acids is 1. The third kappa shape index (κ3) is 4.72. The summed E-state index contributed by atoms with van der Waals surface area (Å²) in [5.41, 5.74) is 0.993. The summed E-state index contributed by atoms with van der Waals surface area (Å²) >= 11 is 0. The first-order valence-electron chi connectivity index (χ1n) is 7.03. The quantitative estimate of drug-likeness (QED) is 0.838. The van der Waals surface area contributed by atoms with E-state index >= 15 is 0 Å². The van der Waals surface area contributed by atoms with Crippen LogP contribution in [0.25, 0.3) is 6.08 Å². The number of aliphatic carboxylic acids is 1. The van der Waals surface area contributed by atoms with E-state index in [-0.39, 0.29) is 12.3 Å². The molecule has 1 aromatic rings. The molecule has 5 nitrogen and oxygen atoms in total. The number of hydrogen-bond acceptors (Lipinski definition) is 3. The van der Waals surface area contributed by atoms with E-state index in [0.717, 1.165) is 12.0 Å². The maximum absolute atomic E-state index is 11.9. The van der Waals surface area contributed by atoms with Crippen LogP contribution in [0.1, 0.15) is 24.8 Å². The van der Waals surface area contributed by atoms with Gasteiger partial charge in [-0.25, -0.2) is 4.79 Å². The van der Waals surface area contributed by atoms with Crippen LogP contribution >= 0.6 is 0 Å². The van der Waals surface area contributed by atoms with Gasteiger partial charge in [0.25, 0.3) is 0 Å². The molecule has 2 N–H and O–H groups in total. The molecule has 21 heavy (non-hydrogen) atoms. The number of rotatable bonds is 6. The summed E-state index contributed by atoms with van der Waals surface area (Å²) < 4.78 is 5.25. The lowest BCUT2D eigenvalue weighted by molar-refractivity contribution is -0.143. The molecule has 0 aliphatic carbocycles. The normalized spacial score (nSPS) is 19.5. The Morgan fingerprint density at radius 1 is 1.38 bits per heavy atom. The molecule has 1 heterocycles. The Morgan fingerprint density at radius 3 is 2.76 bits per heavy atom. The molecule has 1 aromatic carbocycles. The van der Waals surface area contributed by atoms with Gasteiger partial charge in [-0.15, -0.1) is 0 Å². The van der Waals surface area contributed by atoms with Crippen molar-refractivity contribution in [3.05, 3.63) is 42.0 Å². The molecule has 1 fully saturated rings. The zero-order valence-electron chi connectivity index (χ0n) is 11.7. The fourth-order valence-corrected chi connectivity index (χ4v) is 2.17. The minimum absolute atomic E-state index is 0.239. The van der Waals surface area contributed by atoms with Crippen molar-refractivity contribution in [2.75, 3.05) is 6.61 Å². The fraction of sp³-hybridized carbons (Fsp3) is 0.375. The first kappa shape index (κ1) is 15.3. The molecule has 1 aliphatic heterocycles. The van der Waals surface area contributed by atoms with Crippen LogP contribution in [-0.4, -0.2) is 35.7 Å². The molecule has 2 atom stereocenters. The largest absolute Gasteiger partial charge is 0.480 e. The van der Waals surface area contributed by atoms with Crippen LogP contribution < -0.4 is 5.32 Å². The van der Waals surface area contributed by atoms with E-state index in [2.05, 4.69) is 5.32 Å². The third-order valence-corrected chi connectivity index (χ3v) is 3.32. The minimum Gasteiger partial charge on any atom is -0.480 e. The van der Waals surface area contributed by atoms with Crippen LogP contribution in [0, 0.1) is 0 Å². The molecule has 112 valence electrons. The average Bonchev–Trinajstić information content (AvgIpc) is 3.01. The molecular weight excluding hydrogens is 270 g/mol. The highest BCUT2D eigenvalue weighted by Gasteiger charge is 2.27. The number of amides is 1. The van der Waals surface area contributed by atoms with Crippen LogP contribution in [0.5, 0.6) is 0 Å². The van der Waals surface area contributed by atoms with E-state index in [9.17, 15) is 14.7 Å². The van der Waals surface area contributed by atoms with E-state index < -0.39 is 18.1 Å². The summed E-state index contributed by atoms with van der Waals surface area (Å²) in [5.74, 6) is -1.38. The maximum Gasteiger partial charge on any atom is 0.326 e. The zero-order chi connectivity index (χ0) is 15.1. The molecule has 0 saturated carbocycles. The number of nitrogens with one attached hydrogen (secondary N) is 1. The van der Waals surface area contributed by atoms with Crippen molar-refractivity contribution in [1.29, 1.82) is 0 Å². The molecule has 0 radical (unpaired) electrons. The Bertz CT molecular complexity index is 506. The lowest BCUT2D eigenvalue weighted by Crippen LogP contribution is -2.45. The van der Waals surface area contributed by atoms with E-state index in [4.69, 9.17) is 4.74 Å². The lowest BCUT2D eigenvalue weighted by atomic mass is 10.1. The molecule has 5 heteroatoms. The Hall–Kier alpha value is -2.14. The molecular formula is C16H19NO4. The number of carboxylic acid groups (broad SMARTS) is 1. The predicted molar refractivity (Wildman–Crippen MR) is 78.6 cm³/mol. The zero-order valence-corrected chi connectivity index (χ0v) is 11.7. The van der Waals surface area contributed by atoms with Gasteiger partial charge in [0.2, 0.25) is 5.91 Å². The van der Waals surface area contributed by atoms with Crippen LogP contribution in [0.4, 0.5) is 0 Å². The van der Waals surface area contributed by atoms with Gasteiger partial charge >= 0.3 is 5.97 Å². The van der Waals surface area contributed by atoms with Crippen LogP contribution in [-0.2, 0) is 14.3 Å². The van der Waals surface area contributed by atoms with Gasteiger partial charge in [-0.2, -0.15) is 0 Å².